The van der Waals surface area contributed by atoms with E-state index in [1.54, 1.807) is 6.92 Å². The van der Waals surface area contributed by atoms with E-state index in [1.807, 2.05) is 0 Å². The Balaban J connectivity index is 1.44. The van der Waals surface area contributed by atoms with Crippen molar-refractivity contribution in [2.45, 2.75) is 63.9 Å². The Morgan fingerprint density at radius 2 is 1.82 bits per heavy atom. The molecule has 0 radical (unpaired) electrons. The van der Waals surface area contributed by atoms with Gasteiger partial charge in [0.15, 0.2) is 23.2 Å². The number of pyridine rings is 1. The molecule has 1 aromatic heterocycles. The zero-order valence-electron chi connectivity index (χ0n) is 22.0. The fourth-order valence-electron chi connectivity index (χ4n) is 3.95. The summed E-state index contributed by atoms with van der Waals surface area (Å²) >= 11 is 0. The van der Waals surface area contributed by atoms with Gasteiger partial charge in [0.05, 0.1) is 33.5 Å². The smallest absolute Gasteiger partial charge is 0.331 e. The Morgan fingerprint density at radius 1 is 1.11 bits per heavy atom. The van der Waals surface area contributed by atoms with Crippen LogP contribution in [0.5, 0.6) is 11.5 Å². The zero-order valence-corrected chi connectivity index (χ0v) is 22.0. The number of ether oxygens (including phenoxy) is 7. The van der Waals surface area contributed by atoms with Gasteiger partial charge >= 0.3 is 11.9 Å². The lowest BCUT2D eigenvalue weighted by Gasteiger charge is -2.30. The first-order valence-electron chi connectivity index (χ1n) is 13.0. The number of nitrogens with one attached hydrogen (secondary N) is 1. The molecule has 1 saturated heterocycles. The summed E-state index contributed by atoms with van der Waals surface area (Å²) in [7, 11) is 1.39. The van der Waals surface area contributed by atoms with E-state index in [0.29, 0.717) is 25.0 Å². The number of carbonyl (C=O) groups is 3. The number of nitrogens with zero attached hydrogens (tertiary/aromatic N) is 1. The topological polar surface area (TPSA) is 141 Å². The SMILES string of the molecule is COc1ccnc(C(=O)N[C@H]2COC[C@H](OCC3CC3)[C@@H](OCC3CC3)[C@H](C)OC2=O)c1OCOC(C)=O. The molecule has 0 spiro atoms. The van der Waals surface area contributed by atoms with Gasteiger partial charge in [0.2, 0.25) is 6.79 Å². The summed E-state index contributed by atoms with van der Waals surface area (Å²) in [6, 6.07) is 0.369. The van der Waals surface area contributed by atoms with Crippen molar-refractivity contribution in [1.82, 2.24) is 10.3 Å². The van der Waals surface area contributed by atoms with Gasteiger partial charge in [-0.2, -0.15) is 0 Å². The fraction of sp³-hybridized carbons (Fsp3) is 0.692. The lowest BCUT2D eigenvalue weighted by Crippen LogP contribution is -2.47. The van der Waals surface area contributed by atoms with Gasteiger partial charge in [-0.25, -0.2) is 9.78 Å². The third-order valence-electron chi connectivity index (χ3n) is 6.52. The van der Waals surface area contributed by atoms with Crippen LogP contribution in [-0.2, 0) is 33.3 Å². The van der Waals surface area contributed by atoms with Gasteiger partial charge in [-0.05, 0) is 44.4 Å². The molecule has 2 saturated carbocycles. The van der Waals surface area contributed by atoms with Gasteiger partial charge in [-0.3, -0.25) is 9.59 Å². The maximum absolute atomic E-state index is 13.2. The highest BCUT2D eigenvalue weighted by molar-refractivity contribution is 5.98. The van der Waals surface area contributed by atoms with E-state index in [1.165, 1.54) is 26.3 Å². The molecule has 3 fully saturated rings. The molecule has 1 N–H and O–H groups in total. The van der Waals surface area contributed by atoms with Crippen molar-refractivity contribution >= 4 is 17.8 Å². The number of carbonyl (C=O) groups excluding carboxylic acids is 3. The van der Waals surface area contributed by atoms with Gasteiger partial charge in [0.25, 0.3) is 5.91 Å². The van der Waals surface area contributed by atoms with E-state index >= 15 is 0 Å². The van der Waals surface area contributed by atoms with Crippen molar-refractivity contribution < 1.29 is 47.5 Å². The molecule has 3 aliphatic rings. The number of hydrogen-bond acceptors (Lipinski definition) is 11. The largest absolute Gasteiger partial charge is 0.493 e. The van der Waals surface area contributed by atoms with Crippen LogP contribution in [0.1, 0.15) is 50.0 Å². The molecule has 1 aromatic rings. The Kier molecular flexibility index (Phi) is 9.75. The highest BCUT2D eigenvalue weighted by atomic mass is 16.7. The third-order valence-corrected chi connectivity index (χ3v) is 6.52. The molecule has 4 rings (SSSR count). The summed E-state index contributed by atoms with van der Waals surface area (Å²) in [5, 5.41) is 2.62. The number of esters is 2. The van der Waals surface area contributed by atoms with Gasteiger partial charge < -0.3 is 38.5 Å². The fourth-order valence-corrected chi connectivity index (χ4v) is 3.95. The molecule has 12 nitrogen and oxygen atoms in total. The van der Waals surface area contributed by atoms with Crippen molar-refractivity contribution in [1.29, 1.82) is 0 Å². The summed E-state index contributed by atoms with van der Waals surface area (Å²) in [6.07, 6.45) is 4.38. The second-order valence-corrected chi connectivity index (χ2v) is 9.85. The van der Waals surface area contributed by atoms with Crippen LogP contribution in [0.25, 0.3) is 0 Å². The summed E-state index contributed by atoms with van der Waals surface area (Å²) in [4.78, 5) is 41.5. The summed E-state index contributed by atoms with van der Waals surface area (Å²) in [5.41, 5.74) is -0.159. The Morgan fingerprint density at radius 3 is 2.47 bits per heavy atom. The summed E-state index contributed by atoms with van der Waals surface area (Å²) < 4.78 is 39.4. The highest BCUT2D eigenvalue weighted by Gasteiger charge is 2.38. The van der Waals surface area contributed by atoms with Crippen LogP contribution in [0.2, 0.25) is 0 Å². The summed E-state index contributed by atoms with van der Waals surface area (Å²) in [5.74, 6) is -0.718. The molecule has 2 heterocycles. The lowest BCUT2D eigenvalue weighted by molar-refractivity contribution is -0.168. The second-order valence-electron chi connectivity index (χ2n) is 9.85. The van der Waals surface area contributed by atoms with E-state index in [2.05, 4.69) is 10.3 Å². The average molecular weight is 537 g/mol. The Bertz CT molecular complexity index is 981. The first-order valence-corrected chi connectivity index (χ1v) is 13.0. The number of hydrogen-bond donors (Lipinski definition) is 1. The number of cyclic esters (lactones) is 1. The molecular weight excluding hydrogens is 500 g/mol. The number of methoxy groups -OCH3 is 1. The van der Waals surface area contributed by atoms with Crippen molar-refractivity contribution in [2.75, 3.05) is 40.3 Å². The van der Waals surface area contributed by atoms with Crippen molar-refractivity contribution in [3.05, 3.63) is 18.0 Å². The van der Waals surface area contributed by atoms with Crippen LogP contribution in [0.4, 0.5) is 0 Å². The monoisotopic (exact) mass is 536 g/mol. The molecule has 12 heteroatoms. The van der Waals surface area contributed by atoms with Crippen LogP contribution in [0.3, 0.4) is 0 Å². The molecule has 4 atom stereocenters. The molecule has 1 amide bonds. The van der Waals surface area contributed by atoms with Gasteiger partial charge in [-0.15, -0.1) is 0 Å². The molecule has 1 aliphatic heterocycles. The second kappa shape index (κ2) is 13.2. The highest BCUT2D eigenvalue weighted by Crippen LogP contribution is 2.32. The van der Waals surface area contributed by atoms with Gasteiger partial charge in [0, 0.05) is 19.2 Å². The van der Waals surface area contributed by atoms with Gasteiger partial charge in [0.1, 0.15) is 18.3 Å². The van der Waals surface area contributed by atoms with Crippen molar-refractivity contribution in [3.8, 4) is 11.5 Å². The summed E-state index contributed by atoms with van der Waals surface area (Å²) in [6.45, 7) is 3.77. The van der Waals surface area contributed by atoms with Crippen LogP contribution in [-0.4, -0.2) is 87.5 Å². The van der Waals surface area contributed by atoms with E-state index in [0.717, 1.165) is 25.7 Å². The minimum atomic E-state index is -1.12. The van der Waals surface area contributed by atoms with Crippen LogP contribution in [0, 0.1) is 11.8 Å². The molecule has 0 bridgehead atoms. The standard InChI is InChI=1S/C26H36N2O10/c1-15-23(35-11-18-6-7-18)21(34-10-17-4-5-17)13-33-12-19(26(31)38-15)28-25(30)22-24(37-14-36-16(2)29)20(32-3)8-9-27-22/h8-9,15,17-19,21,23H,4-7,10-14H2,1-3H3,(H,28,30)/t15-,19-,21-,23-/m0/s1. The van der Waals surface area contributed by atoms with E-state index in [9.17, 15) is 14.4 Å². The van der Waals surface area contributed by atoms with Crippen molar-refractivity contribution in [3.63, 3.8) is 0 Å². The van der Waals surface area contributed by atoms with E-state index < -0.39 is 49.0 Å². The minimum Gasteiger partial charge on any atom is -0.493 e. The third kappa shape index (κ3) is 8.02. The van der Waals surface area contributed by atoms with Crippen LogP contribution < -0.4 is 14.8 Å². The van der Waals surface area contributed by atoms with Gasteiger partial charge in [-0.1, -0.05) is 0 Å². The van der Waals surface area contributed by atoms with Crippen LogP contribution in [0.15, 0.2) is 12.3 Å². The Hall–Kier alpha value is -2.96. The molecule has 2 aliphatic carbocycles. The quantitative estimate of drug-likeness (QED) is 0.308. The van der Waals surface area contributed by atoms with Crippen molar-refractivity contribution in [2.24, 2.45) is 11.8 Å². The van der Waals surface area contributed by atoms with Crippen LogP contribution >= 0.6 is 0 Å². The van der Waals surface area contributed by atoms with E-state index in [-0.39, 0.29) is 30.4 Å². The molecule has 210 valence electrons. The average Bonchev–Trinajstić information content (AvgIpc) is 3.81. The lowest BCUT2D eigenvalue weighted by atomic mass is 10.1. The first-order chi connectivity index (χ1) is 18.4. The molecule has 0 unspecified atom stereocenters. The normalized spacial score (nSPS) is 25.8. The Labute approximate surface area is 221 Å². The number of rotatable bonds is 12. The van der Waals surface area contributed by atoms with E-state index in [4.69, 9.17) is 33.2 Å². The zero-order chi connectivity index (χ0) is 27.1. The molecule has 0 aromatic carbocycles. The maximum Gasteiger partial charge on any atom is 0.331 e. The predicted octanol–water partition coefficient (Wildman–Crippen LogP) is 1.64. The number of amides is 1. The molecular formula is C26H36N2O10. The first kappa shape index (κ1) is 28.1. The predicted molar refractivity (Wildman–Crippen MR) is 131 cm³/mol. The molecule has 38 heavy (non-hydrogen) atoms. The maximum atomic E-state index is 13.2. The number of aromatic nitrogens is 1. The minimum absolute atomic E-state index is 0.0402.